The van der Waals surface area contributed by atoms with Crippen LogP contribution < -0.4 is 4.74 Å². The first-order chi connectivity index (χ1) is 8.01. The minimum Gasteiger partial charge on any atom is -0.477 e. The highest BCUT2D eigenvalue weighted by molar-refractivity contribution is 5.17. The Labute approximate surface area is 103 Å². The molecule has 0 spiro atoms. The number of hydrogen-bond donors (Lipinski definition) is 0. The van der Waals surface area contributed by atoms with Crippen LogP contribution >= 0.6 is 0 Å². The molecule has 0 N–H and O–H groups in total. The molecule has 1 fully saturated rings. The molecule has 2 unspecified atom stereocenters. The Balaban J connectivity index is 1.91. The highest BCUT2D eigenvalue weighted by Gasteiger charge is 2.56. The Kier molecular flexibility index (Phi) is 3.18. The summed E-state index contributed by atoms with van der Waals surface area (Å²) < 4.78 is 5.70. The van der Waals surface area contributed by atoms with E-state index in [-0.39, 0.29) is 0 Å². The Bertz CT molecular complexity index is 407. The standard InChI is InChI=1S/C14H20N2O/c1-10(2)7-11-12(14(11,3)4)8-17-13-5-6-15-9-16-13/h5-7,9,11-12H,8H2,1-4H3. The lowest BCUT2D eigenvalue weighted by Gasteiger charge is -2.05. The Morgan fingerprint density at radius 3 is 2.82 bits per heavy atom. The molecule has 3 heteroatoms. The van der Waals surface area contributed by atoms with Gasteiger partial charge in [0.05, 0.1) is 6.61 Å². The lowest BCUT2D eigenvalue weighted by molar-refractivity contribution is 0.268. The summed E-state index contributed by atoms with van der Waals surface area (Å²) in [5.41, 5.74) is 1.73. The van der Waals surface area contributed by atoms with Crippen molar-refractivity contribution in [1.29, 1.82) is 0 Å². The molecule has 0 amide bonds. The van der Waals surface area contributed by atoms with Crippen molar-refractivity contribution in [2.24, 2.45) is 17.3 Å². The molecule has 0 aromatic carbocycles. The Hall–Kier alpha value is -1.38. The third-order valence-corrected chi connectivity index (χ3v) is 3.62. The van der Waals surface area contributed by atoms with Gasteiger partial charge in [-0.05, 0) is 25.2 Å². The maximum atomic E-state index is 5.70. The molecule has 2 rings (SSSR count). The molecule has 1 heterocycles. The summed E-state index contributed by atoms with van der Waals surface area (Å²) in [6, 6.07) is 1.80. The largest absolute Gasteiger partial charge is 0.477 e. The van der Waals surface area contributed by atoms with Crippen molar-refractivity contribution in [1.82, 2.24) is 9.97 Å². The van der Waals surface area contributed by atoms with Crippen LogP contribution in [0.5, 0.6) is 5.88 Å². The van der Waals surface area contributed by atoms with E-state index in [1.165, 1.54) is 11.9 Å². The molecule has 1 aromatic heterocycles. The first-order valence-electron chi connectivity index (χ1n) is 6.05. The second-order valence-electron chi connectivity index (χ2n) is 5.56. The van der Waals surface area contributed by atoms with Crippen LogP contribution in [0.1, 0.15) is 27.7 Å². The third kappa shape index (κ3) is 2.65. The summed E-state index contributed by atoms with van der Waals surface area (Å²) in [6.07, 6.45) is 5.57. The van der Waals surface area contributed by atoms with Crippen LogP contribution in [-0.2, 0) is 0 Å². The minimum absolute atomic E-state index is 0.351. The summed E-state index contributed by atoms with van der Waals surface area (Å²) in [6.45, 7) is 9.63. The van der Waals surface area contributed by atoms with Gasteiger partial charge in [-0.1, -0.05) is 25.5 Å². The van der Waals surface area contributed by atoms with Gasteiger partial charge < -0.3 is 4.74 Å². The van der Waals surface area contributed by atoms with Crippen molar-refractivity contribution in [2.45, 2.75) is 27.7 Å². The smallest absolute Gasteiger partial charge is 0.216 e. The van der Waals surface area contributed by atoms with Crippen molar-refractivity contribution in [3.05, 3.63) is 30.2 Å². The van der Waals surface area contributed by atoms with Crippen molar-refractivity contribution in [3.63, 3.8) is 0 Å². The summed E-state index contributed by atoms with van der Waals surface area (Å²) in [4.78, 5) is 7.93. The summed E-state index contributed by atoms with van der Waals surface area (Å²) in [5.74, 6) is 1.89. The number of aromatic nitrogens is 2. The van der Waals surface area contributed by atoms with Gasteiger partial charge in [-0.15, -0.1) is 0 Å². The van der Waals surface area contributed by atoms with Crippen LogP contribution in [-0.4, -0.2) is 16.6 Å². The highest BCUT2D eigenvalue weighted by Crippen LogP contribution is 2.59. The van der Waals surface area contributed by atoms with Gasteiger partial charge in [0.2, 0.25) is 5.88 Å². The monoisotopic (exact) mass is 232 g/mol. The molecular formula is C14H20N2O. The molecule has 0 radical (unpaired) electrons. The van der Waals surface area contributed by atoms with Gasteiger partial charge in [-0.2, -0.15) is 0 Å². The van der Waals surface area contributed by atoms with Crippen LogP contribution in [0.4, 0.5) is 0 Å². The fourth-order valence-electron chi connectivity index (χ4n) is 2.33. The first kappa shape index (κ1) is 12.1. The van der Waals surface area contributed by atoms with E-state index >= 15 is 0 Å². The average Bonchev–Trinajstić information content (AvgIpc) is 2.78. The highest BCUT2D eigenvalue weighted by atomic mass is 16.5. The zero-order valence-electron chi connectivity index (χ0n) is 11.0. The number of allylic oxidation sites excluding steroid dienone is 2. The van der Waals surface area contributed by atoms with Gasteiger partial charge in [-0.3, -0.25) is 0 Å². The van der Waals surface area contributed by atoms with E-state index in [1.54, 1.807) is 12.3 Å². The van der Waals surface area contributed by atoms with Crippen molar-refractivity contribution in [2.75, 3.05) is 6.61 Å². The Morgan fingerprint density at radius 1 is 1.47 bits per heavy atom. The van der Waals surface area contributed by atoms with E-state index < -0.39 is 0 Å². The molecule has 1 aliphatic rings. The van der Waals surface area contributed by atoms with Crippen LogP contribution in [0.15, 0.2) is 30.2 Å². The molecule has 2 atom stereocenters. The molecule has 92 valence electrons. The van der Waals surface area contributed by atoms with Gasteiger partial charge in [0.1, 0.15) is 6.33 Å². The molecule has 17 heavy (non-hydrogen) atoms. The predicted molar refractivity (Wildman–Crippen MR) is 67.7 cm³/mol. The summed E-state index contributed by atoms with van der Waals surface area (Å²) in [5, 5.41) is 0. The van der Waals surface area contributed by atoms with Crippen molar-refractivity contribution < 1.29 is 4.74 Å². The lowest BCUT2D eigenvalue weighted by Crippen LogP contribution is -2.05. The second kappa shape index (κ2) is 4.47. The number of rotatable bonds is 4. The zero-order chi connectivity index (χ0) is 12.5. The van der Waals surface area contributed by atoms with E-state index in [0.29, 0.717) is 23.1 Å². The van der Waals surface area contributed by atoms with E-state index in [2.05, 4.69) is 43.7 Å². The molecule has 3 nitrogen and oxygen atoms in total. The summed E-state index contributed by atoms with van der Waals surface area (Å²) >= 11 is 0. The molecular weight excluding hydrogens is 212 g/mol. The van der Waals surface area contributed by atoms with Crippen LogP contribution in [0, 0.1) is 17.3 Å². The molecule has 1 aromatic rings. The molecule has 0 saturated heterocycles. The first-order valence-corrected chi connectivity index (χ1v) is 6.05. The molecule has 0 aliphatic heterocycles. The number of hydrogen-bond acceptors (Lipinski definition) is 3. The normalized spacial score (nSPS) is 25.2. The third-order valence-electron chi connectivity index (χ3n) is 3.62. The Morgan fingerprint density at radius 2 is 2.24 bits per heavy atom. The van der Waals surface area contributed by atoms with Crippen LogP contribution in [0.3, 0.4) is 0 Å². The number of ether oxygens (including phenoxy) is 1. The van der Waals surface area contributed by atoms with E-state index in [1.807, 2.05) is 0 Å². The lowest BCUT2D eigenvalue weighted by atomic mass is 10.1. The van der Waals surface area contributed by atoms with Crippen molar-refractivity contribution >= 4 is 0 Å². The minimum atomic E-state index is 0.351. The van der Waals surface area contributed by atoms with Gasteiger partial charge in [0.25, 0.3) is 0 Å². The molecule has 1 saturated carbocycles. The predicted octanol–water partition coefficient (Wildman–Crippen LogP) is 3.09. The average molecular weight is 232 g/mol. The van der Waals surface area contributed by atoms with Gasteiger partial charge in [0.15, 0.2) is 0 Å². The SMILES string of the molecule is CC(C)=CC1C(COc2ccncn2)C1(C)C. The van der Waals surface area contributed by atoms with Crippen molar-refractivity contribution in [3.8, 4) is 5.88 Å². The maximum Gasteiger partial charge on any atom is 0.216 e. The summed E-state index contributed by atoms with van der Waals surface area (Å²) in [7, 11) is 0. The van der Waals surface area contributed by atoms with E-state index in [4.69, 9.17) is 4.74 Å². The fraction of sp³-hybridized carbons (Fsp3) is 0.571. The second-order valence-corrected chi connectivity index (χ2v) is 5.56. The van der Waals surface area contributed by atoms with Gasteiger partial charge in [-0.25, -0.2) is 9.97 Å². The van der Waals surface area contributed by atoms with E-state index in [9.17, 15) is 0 Å². The topological polar surface area (TPSA) is 35.0 Å². The van der Waals surface area contributed by atoms with Gasteiger partial charge >= 0.3 is 0 Å². The molecule has 0 bridgehead atoms. The maximum absolute atomic E-state index is 5.70. The molecule has 1 aliphatic carbocycles. The van der Waals surface area contributed by atoms with Gasteiger partial charge in [0, 0.05) is 18.2 Å². The van der Waals surface area contributed by atoms with Crippen LogP contribution in [0.25, 0.3) is 0 Å². The quantitative estimate of drug-likeness (QED) is 0.748. The zero-order valence-corrected chi connectivity index (χ0v) is 11.0. The van der Waals surface area contributed by atoms with Crippen LogP contribution in [0.2, 0.25) is 0 Å². The number of nitrogens with zero attached hydrogens (tertiary/aromatic N) is 2. The van der Waals surface area contributed by atoms with E-state index in [0.717, 1.165) is 6.61 Å². The fourth-order valence-corrected chi connectivity index (χ4v) is 2.33.